The molecule has 0 radical (unpaired) electrons. The van der Waals surface area contributed by atoms with Crippen LogP contribution in [0.1, 0.15) is 33.5 Å². The number of esters is 1. The van der Waals surface area contributed by atoms with Crippen molar-refractivity contribution >= 4 is 23.3 Å². The van der Waals surface area contributed by atoms with Gasteiger partial charge in [-0.3, -0.25) is 4.90 Å². The van der Waals surface area contributed by atoms with Crippen molar-refractivity contribution < 1.29 is 23.7 Å². The summed E-state index contributed by atoms with van der Waals surface area (Å²) in [4.78, 5) is 18.9. The summed E-state index contributed by atoms with van der Waals surface area (Å²) < 4.78 is 21.6. The second-order valence-corrected chi connectivity index (χ2v) is 11.1. The summed E-state index contributed by atoms with van der Waals surface area (Å²) in [6.07, 6.45) is 3.44. The predicted octanol–water partition coefficient (Wildman–Crippen LogP) is 5.61. The maximum Gasteiger partial charge on any atom is 0.338 e. The van der Waals surface area contributed by atoms with Gasteiger partial charge < -0.3 is 23.8 Å². The average molecular weight is 575 g/mol. The topological polar surface area (TPSA) is 60.5 Å². The number of thioether (sulfide) groups is 1. The van der Waals surface area contributed by atoms with Gasteiger partial charge in [-0.2, -0.15) is 0 Å². The molecule has 5 rings (SSSR count). The van der Waals surface area contributed by atoms with E-state index in [2.05, 4.69) is 64.4 Å². The third-order valence-electron chi connectivity index (χ3n) is 7.67. The van der Waals surface area contributed by atoms with Crippen molar-refractivity contribution in [3.8, 4) is 17.2 Å². The minimum atomic E-state index is -0.406. The van der Waals surface area contributed by atoms with E-state index in [4.69, 9.17) is 18.9 Å². The van der Waals surface area contributed by atoms with Crippen LogP contribution in [0.2, 0.25) is 0 Å². The Balaban J connectivity index is 1.10. The molecular weight excluding hydrogens is 536 g/mol. The Hall–Kier alpha value is -3.46. The van der Waals surface area contributed by atoms with Crippen LogP contribution in [-0.4, -0.2) is 83.0 Å². The van der Waals surface area contributed by atoms with Gasteiger partial charge in [0.05, 0.1) is 26.9 Å². The van der Waals surface area contributed by atoms with E-state index in [1.807, 2.05) is 11.8 Å². The molecule has 0 aromatic heterocycles. The second-order valence-electron chi connectivity index (χ2n) is 10.1. The third-order valence-corrected chi connectivity index (χ3v) is 8.79. The van der Waals surface area contributed by atoms with E-state index in [9.17, 15) is 4.79 Å². The fraction of sp³-hybridized carbons (Fsp3) is 0.364. The van der Waals surface area contributed by atoms with Gasteiger partial charge in [0.2, 0.25) is 5.75 Å². The van der Waals surface area contributed by atoms with Crippen molar-refractivity contribution in [2.24, 2.45) is 0 Å². The fourth-order valence-corrected chi connectivity index (χ4v) is 6.49. The zero-order valence-electron chi connectivity index (χ0n) is 24.1. The molecule has 1 fully saturated rings. The highest BCUT2D eigenvalue weighted by Gasteiger charge is 2.21. The summed E-state index contributed by atoms with van der Waals surface area (Å²) in [5.74, 6) is 1.90. The number of rotatable bonds is 10. The number of piperazine rings is 1. The van der Waals surface area contributed by atoms with Crippen LogP contribution in [0.15, 0.2) is 71.6 Å². The molecule has 0 amide bonds. The van der Waals surface area contributed by atoms with Crippen molar-refractivity contribution in [3.63, 3.8) is 0 Å². The van der Waals surface area contributed by atoms with Crippen LogP contribution < -0.4 is 14.2 Å². The van der Waals surface area contributed by atoms with E-state index in [0.717, 1.165) is 44.9 Å². The lowest BCUT2D eigenvalue weighted by Crippen LogP contribution is -2.47. The van der Waals surface area contributed by atoms with E-state index in [1.54, 1.807) is 12.1 Å². The highest BCUT2D eigenvalue weighted by molar-refractivity contribution is 7.98. The Morgan fingerprint density at radius 2 is 1.46 bits per heavy atom. The number of hydrogen-bond acceptors (Lipinski definition) is 8. The van der Waals surface area contributed by atoms with Crippen LogP contribution in [0.5, 0.6) is 17.2 Å². The maximum absolute atomic E-state index is 12.7. The Morgan fingerprint density at radius 3 is 2.15 bits per heavy atom. The molecule has 0 atom stereocenters. The smallest absolute Gasteiger partial charge is 0.338 e. The SMILES string of the molecule is COc1cc(C(=O)OCCN2CCN(CC/C=C3\c4ccccc4CSc4ccccc43)CC2)cc(OC)c1OC. The molecule has 8 heteroatoms. The largest absolute Gasteiger partial charge is 0.493 e. The van der Waals surface area contributed by atoms with Crippen molar-refractivity contribution in [1.29, 1.82) is 0 Å². The van der Waals surface area contributed by atoms with Crippen LogP contribution in [-0.2, 0) is 10.5 Å². The molecule has 0 unspecified atom stereocenters. The predicted molar refractivity (Wildman–Crippen MR) is 163 cm³/mol. The standard InChI is InChI=1S/C33H38N2O5S/c1-37-29-21-25(22-30(38-2)32(29)39-3)33(36)40-20-19-35-17-15-34(16-18-35)14-8-12-27-26-10-5-4-9-24(26)23-41-31-13-7-6-11-28(27)31/h4-7,9-13,21-22H,8,14-20,23H2,1-3H3/b27-12+. The summed E-state index contributed by atoms with van der Waals surface area (Å²) in [7, 11) is 4.58. The molecule has 216 valence electrons. The molecule has 1 saturated heterocycles. The Kier molecular flexibility index (Phi) is 9.88. The molecule has 0 saturated carbocycles. The zero-order valence-corrected chi connectivity index (χ0v) is 24.9. The van der Waals surface area contributed by atoms with Gasteiger partial charge in [0, 0.05) is 49.9 Å². The highest BCUT2D eigenvalue weighted by atomic mass is 32.2. The van der Waals surface area contributed by atoms with E-state index in [-0.39, 0.29) is 0 Å². The van der Waals surface area contributed by atoms with Gasteiger partial charge in [-0.1, -0.05) is 48.5 Å². The number of carbonyl (C=O) groups excluding carboxylic acids is 1. The van der Waals surface area contributed by atoms with E-state index >= 15 is 0 Å². The van der Waals surface area contributed by atoms with E-state index < -0.39 is 5.97 Å². The molecule has 7 nitrogen and oxygen atoms in total. The molecule has 0 aliphatic carbocycles. The van der Waals surface area contributed by atoms with Crippen molar-refractivity contribution in [2.75, 3.05) is 67.2 Å². The highest BCUT2D eigenvalue weighted by Crippen LogP contribution is 2.40. The van der Waals surface area contributed by atoms with E-state index in [0.29, 0.717) is 36.0 Å². The van der Waals surface area contributed by atoms with Gasteiger partial charge in [-0.05, 0) is 46.9 Å². The van der Waals surface area contributed by atoms with Crippen LogP contribution >= 0.6 is 11.8 Å². The first kappa shape index (κ1) is 29.0. The fourth-order valence-electron chi connectivity index (χ4n) is 5.42. The minimum absolute atomic E-state index is 0.332. The van der Waals surface area contributed by atoms with Gasteiger partial charge in [0.1, 0.15) is 6.61 Å². The lowest BCUT2D eigenvalue weighted by molar-refractivity contribution is 0.0423. The number of fused-ring (bicyclic) bond motifs is 2. The van der Waals surface area contributed by atoms with Crippen LogP contribution in [0.3, 0.4) is 0 Å². The quantitative estimate of drug-likeness (QED) is 0.290. The number of benzene rings is 3. The van der Waals surface area contributed by atoms with Crippen LogP contribution in [0.25, 0.3) is 5.57 Å². The first-order valence-corrected chi connectivity index (χ1v) is 15.0. The number of nitrogens with zero attached hydrogens (tertiary/aromatic N) is 2. The number of hydrogen-bond donors (Lipinski definition) is 0. The van der Waals surface area contributed by atoms with Crippen molar-refractivity contribution in [2.45, 2.75) is 17.1 Å². The summed E-state index contributed by atoms with van der Waals surface area (Å²) in [6, 6.07) is 20.8. The number of methoxy groups -OCH3 is 3. The first-order chi connectivity index (χ1) is 20.1. The molecule has 0 bridgehead atoms. The van der Waals surface area contributed by atoms with Crippen LogP contribution in [0, 0.1) is 0 Å². The number of ether oxygens (including phenoxy) is 4. The monoisotopic (exact) mass is 574 g/mol. The van der Waals surface area contributed by atoms with Crippen molar-refractivity contribution in [3.05, 3.63) is 89.0 Å². The average Bonchev–Trinajstić information content (AvgIpc) is 3.18. The summed E-state index contributed by atoms with van der Waals surface area (Å²) in [5, 5.41) is 0. The summed E-state index contributed by atoms with van der Waals surface area (Å²) in [5.41, 5.74) is 5.83. The number of carbonyl (C=O) groups is 1. The molecule has 0 N–H and O–H groups in total. The van der Waals surface area contributed by atoms with E-state index in [1.165, 1.54) is 48.5 Å². The Morgan fingerprint density at radius 1 is 0.829 bits per heavy atom. The molecule has 0 spiro atoms. The second kappa shape index (κ2) is 13.9. The van der Waals surface area contributed by atoms with Gasteiger partial charge in [0.15, 0.2) is 11.5 Å². The molecule has 41 heavy (non-hydrogen) atoms. The van der Waals surface area contributed by atoms with Gasteiger partial charge in [-0.15, -0.1) is 11.8 Å². The molecule has 2 aliphatic rings. The van der Waals surface area contributed by atoms with Gasteiger partial charge >= 0.3 is 5.97 Å². The molecule has 3 aromatic carbocycles. The molecular formula is C33H38N2O5S. The Bertz CT molecular complexity index is 1310. The first-order valence-electron chi connectivity index (χ1n) is 14.0. The normalized spacial score (nSPS) is 16.4. The van der Waals surface area contributed by atoms with Crippen LogP contribution in [0.4, 0.5) is 0 Å². The molecule has 2 aliphatic heterocycles. The minimum Gasteiger partial charge on any atom is -0.493 e. The third kappa shape index (κ3) is 6.89. The maximum atomic E-state index is 12.7. The lowest BCUT2D eigenvalue weighted by atomic mass is 9.93. The zero-order chi connectivity index (χ0) is 28.6. The molecule has 3 aromatic rings. The lowest BCUT2D eigenvalue weighted by Gasteiger charge is -2.34. The summed E-state index contributed by atoms with van der Waals surface area (Å²) in [6.45, 7) is 6.00. The van der Waals surface area contributed by atoms with Crippen molar-refractivity contribution in [1.82, 2.24) is 9.80 Å². The molecule has 2 heterocycles. The summed E-state index contributed by atoms with van der Waals surface area (Å²) >= 11 is 1.92. The Labute approximate surface area is 247 Å². The van der Waals surface area contributed by atoms with Gasteiger partial charge in [-0.25, -0.2) is 4.79 Å². The van der Waals surface area contributed by atoms with Gasteiger partial charge in [0.25, 0.3) is 0 Å².